The highest BCUT2D eigenvalue weighted by Crippen LogP contribution is 2.14. The number of hydrogen-bond acceptors (Lipinski definition) is 4. The van der Waals surface area contributed by atoms with Crippen LogP contribution >= 0.6 is 11.8 Å². The molecule has 0 spiro atoms. The lowest BCUT2D eigenvalue weighted by Gasteiger charge is -2.23. The van der Waals surface area contributed by atoms with Crippen molar-refractivity contribution in [1.29, 1.82) is 0 Å². The summed E-state index contributed by atoms with van der Waals surface area (Å²) in [5.74, 6) is -1.51. The molecule has 3 N–H and O–H groups in total. The molecule has 2 atom stereocenters. The van der Waals surface area contributed by atoms with Gasteiger partial charge < -0.3 is 15.7 Å². The van der Waals surface area contributed by atoms with Gasteiger partial charge in [-0.3, -0.25) is 9.59 Å². The number of amides is 2. The van der Waals surface area contributed by atoms with Crippen LogP contribution < -0.4 is 10.6 Å². The Balaban J connectivity index is 4.32. The van der Waals surface area contributed by atoms with Crippen molar-refractivity contribution in [2.24, 2.45) is 0 Å². The number of nitrogens with one attached hydrogen (secondary N) is 2. The van der Waals surface area contributed by atoms with Gasteiger partial charge in [0.2, 0.25) is 11.8 Å². The Bertz CT molecular complexity index is 352. The Labute approximate surface area is 117 Å². The number of carbonyl (C=O) groups excluding carboxylic acids is 2. The van der Waals surface area contributed by atoms with Gasteiger partial charge in [0.15, 0.2) is 0 Å². The summed E-state index contributed by atoms with van der Waals surface area (Å²) in [6.07, 6.45) is 0. The van der Waals surface area contributed by atoms with E-state index in [1.807, 2.05) is 20.8 Å². The molecule has 0 heterocycles. The fourth-order valence-corrected chi connectivity index (χ4v) is 2.12. The molecule has 0 rings (SSSR count). The molecule has 110 valence electrons. The molecule has 0 aliphatic carbocycles. The third-order valence-electron chi connectivity index (χ3n) is 2.06. The molecule has 0 aromatic carbocycles. The van der Waals surface area contributed by atoms with E-state index in [0.717, 1.165) is 0 Å². The second-order valence-electron chi connectivity index (χ2n) is 5.31. The summed E-state index contributed by atoms with van der Waals surface area (Å²) in [4.78, 5) is 33.6. The summed E-state index contributed by atoms with van der Waals surface area (Å²) in [7, 11) is 0. The summed E-state index contributed by atoms with van der Waals surface area (Å²) in [6, 6.07) is -0.979. The Morgan fingerprint density at radius 2 is 1.79 bits per heavy atom. The van der Waals surface area contributed by atoms with Crippen molar-refractivity contribution in [1.82, 2.24) is 10.6 Å². The minimum absolute atomic E-state index is 0.146. The largest absolute Gasteiger partial charge is 0.480 e. The van der Waals surface area contributed by atoms with Crippen molar-refractivity contribution in [2.45, 2.75) is 51.4 Å². The summed E-state index contributed by atoms with van der Waals surface area (Å²) >= 11 is 1.20. The number of thioether (sulfide) groups is 1. The molecule has 0 aromatic heterocycles. The van der Waals surface area contributed by atoms with Gasteiger partial charge in [0.05, 0.1) is 5.25 Å². The molecule has 1 unspecified atom stereocenters. The molecule has 2 amide bonds. The van der Waals surface area contributed by atoms with Gasteiger partial charge in [-0.1, -0.05) is 0 Å². The Morgan fingerprint density at radius 3 is 2.16 bits per heavy atom. The maximum absolute atomic E-state index is 11.8. The average Bonchev–Trinajstić information content (AvgIpc) is 2.20. The molecule has 0 bridgehead atoms. The molecule has 0 aliphatic rings. The van der Waals surface area contributed by atoms with Crippen molar-refractivity contribution >= 4 is 29.5 Å². The summed E-state index contributed by atoms with van der Waals surface area (Å²) in [5.41, 5.74) is -0.324. The smallest absolute Gasteiger partial charge is 0.327 e. The minimum atomic E-state index is -1.11. The van der Waals surface area contributed by atoms with Gasteiger partial charge in [-0.25, -0.2) is 4.79 Å². The fourth-order valence-electron chi connectivity index (χ4n) is 1.21. The third kappa shape index (κ3) is 8.47. The molecule has 0 radical (unpaired) electrons. The highest BCUT2D eigenvalue weighted by Gasteiger charge is 2.23. The van der Waals surface area contributed by atoms with Crippen LogP contribution in [0.25, 0.3) is 0 Å². The van der Waals surface area contributed by atoms with Gasteiger partial charge in [-0.15, -0.1) is 11.8 Å². The van der Waals surface area contributed by atoms with Crippen LogP contribution in [0, 0.1) is 0 Å². The van der Waals surface area contributed by atoms with Crippen LogP contribution in [0.2, 0.25) is 0 Å². The van der Waals surface area contributed by atoms with Gasteiger partial charge in [-0.05, 0) is 27.7 Å². The number of carboxylic acid groups (broad SMARTS) is 1. The van der Waals surface area contributed by atoms with Crippen LogP contribution in [0.3, 0.4) is 0 Å². The molecule has 7 heteroatoms. The summed E-state index contributed by atoms with van der Waals surface area (Å²) < 4.78 is 0. The normalized spacial score (nSPS) is 14.4. The highest BCUT2D eigenvalue weighted by atomic mass is 32.2. The number of carbonyl (C=O) groups is 3. The Hall–Kier alpha value is -1.24. The third-order valence-corrected chi connectivity index (χ3v) is 3.30. The lowest BCUT2D eigenvalue weighted by molar-refractivity contribution is -0.140. The quantitative estimate of drug-likeness (QED) is 0.666. The van der Waals surface area contributed by atoms with E-state index in [-0.39, 0.29) is 22.4 Å². The van der Waals surface area contributed by atoms with Crippen LogP contribution in [-0.2, 0) is 14.4 Å². The first kappa shape index (κ1) is 17.8. The maximum Gasteiger partial charge on any atom is 0.327 e. The number of aliphatic carboxylic acids is 1. The predicted octanol–water partition coefficient (Wildman–Crippen LogP) is 0.612. The van der Waals surface area contributed by atoms with Crippen molar-refractivity contribution in [3.63, 3.8) is 0 Å². The topological polar surface area (TPSA) is 95.5 Å². The molecule has 0 aliphatic heterocycles. The van der Waals surface area contributed by atoms with E-state index >= 15 is 0 Å². The average molecular weight is 290 g/mol. The van der Waals surface area contributed by atoms with E-state index in [4.69, 9.17) is 5.11 Å². The van der Waals surface area contributed by atoms with E-state index in [2.05, 4.69) is 10.6 Å². The lowest BCUT2D eigenvalue weighted by Crippen LogP contribution is -2.45. The SMILES string of the molecule is CC(=O)N[C@@H](CSC(C)C(=O)NC(C)(C)C)C(=O)O. The van der Waals surface area contributed by atoms with Crippen molar-refractivity contribution in [2.75, 3.05) is 5.75 Å². The molecule has 6 nitrogen and oxygen atoms in total. The molecule has 0 fully saturated rings. The summed E-state index contributed by atoms with van der Waals surface area (Å²) in [6.45, 7) is 8.59. The maximum atomic E-state index is 11.8. The Morgan fingerprint density at radius 1 is 1.26 bits per heavy atom. The first-order chi connectivity index (χ1) is 8.53. The van der Waals surface area contributed by atoms with E-state index in [1.165, 1.54) is 18.7 Å². The number of carboxylic acids is 1. The second-order valence-corrected chi connectivity index (χ2v) is 6.68. The number of hydrogen-bond donors (Lipinski definition) is 3. The fraction of sp³-hybridized carbons (Fsp3) is 0.750. The standard InChI is InChI=1S/C12H22N2O4S/c1-7(10(16)14-12(3,4)5)19-6-9(11(17)18)13-8(2)15/h7,9H,6H2,1-5H3,(H,13,15)(H,14,16)(H,17,18)/t7?,9-/m0/s1. The monoisotopic (exact) mass is 290 g/mol. The highest BCUT2D eigenvalue weighted by molar-refractivity contribution is 8.00. The predicted molar refractivity (Wildman–Crippen MR) is 75.1 cm³/mol. The van der Waals surface area contributed by atoms with Crippen LogP contribution in [0.15, 0.2) is 0 Å². The minimum Gasteiger partial charge on any atom is -0.480 e. The van der Waals surface area contributed by atoms with Crippen LogP contribution in [0.5, 0.6) is 0 Å². The molecule has 19 heavy (non-hydrogen) atoms. The van der Waals surface area contributed by atoms with Crippen molar-refractivity contribution < 1.29 is 19.5 Å². The van der Waals surface area contributed by atoms with Gasteiger partial charge in [0, 0.05) is 18.2 Å². The summed E-state index contributed by atoms with van der Waals surface area (Å²) in [5, 5.41) is 13.7. The zero-order valence-corrected chi connectivity index (χ0v) is 12.8. The first-order valence-electron chi connectivity index (χ1n) is 5.96. The Kier molecular flexibility index (Phi) is 6.89. The van der Waals surface area contributed by atoms with E-state index in [9.17, 15) is 14.4 Å². The van der Waals surface area contributed by atoms with Crippen LogP contribution in [0.4, 0.5) is 0 Å². The molecular formula is C12H22N2O4S. The second kappa shape index (κ2) is 7.37. The molecule has 0 aromatic rings. The zero-order valence-electron chi connectivity index (χ0n) is 11.9. The van der Waals surface area contributed by atoms with Crippen LogP contribution in [0.1, 0.15) is 34.6 Å². The first-order valence-corrected chi connectivity index (χ1v) is 7.01. The van der Waals surface area contributed by atoms with Crippen LogP contribution in [-0.4, -0.2) is 45.5 Å². The van der Waals surface area contributed by atoms with Crippen molar-refractivity contribution in [3.05, 3.63) is 0 Å². The van der Waals surface area contributed by atoms with Gasteiger partial charge in [0.25, 0.3) is 0 Å². The number of rotatable bonds is 6. The molecule has 0 saturated heterocycles. The van der Waals surface area contributed by atoms with E-state index in [1.54, 1.807) is 6.92 Å². The van der Waals surface area contributed by atoms with E-state index in [0.29, 0.717) is 0 Å². The van der Waals surface area contributed by atoms with Crippen molar-refractivity contribution in [3.8, 4) is 0 Å². The molecular weight excluding hydrogens is 268 g/mol. The van der Waals surface area contributed by atoms with E-state index < -0.39 is 17.9 Å². The molecule has 0 saturated carbocycles. The van der Waals surface area contributed by atoms with Gasteiger partial charge in [0.1, 0.15) is 6.04 Å². The van der Waals surface area contributed by atoms with Gasteiger partial charge >= 0.3 is 5.97 Å². The van der Waals surface area contributed by atoms with Gasteiger partial charge in [-0.2, -0.15) is 0 Å². The zero-order chi connectivity index (χ0) is 15.2. The lowest BCUT2D eigenvalue weighted by atomic mass is 10.1.